The SMILES string of the molecule is COC(=O)c1cc(=O)c(OC(F)(F)F)c(C)[nH]1. The lowest BCUT2D eigenvalue weighted by atomic mass is 10.3. The number of H-pyrrole nitrogens is 1. The first-order valence-electron chi connectivity index (χ1n) is 4.32. The maximum absolute atomic E-state index is 12.0. The van der Waals surface area contributed by atoms with E-state index in [9.17, 15) is 22.8 Å². The third-order valence-electron chi connectivity index (χ3n) is 1.79. The minimum atomic E-state index is -4.97. The fourth-order valence-corrected chi connectivity index (χ4v) is 1.14. The lowest BCUT2D eigenvalue weighted by molar-refractivity contribution is -0.275. The van der Waals surface area contributed by atoms with Gasteiger partial charge in [0.1, 0.15) is 5.69 Å². The number of rotatable bonds is 2. The molecule has 1 aromatic heterocycles. The predicted octanol–water partition coefficient (Wildman–Crippen LogP) is 1.37. The zero-order valence-corrected chi connectivity index (χ0v) is 8.84. The lowest BCUT2D eigenvalue weighted by Crippen LogP contribution is -2.24. The normalized spacial score (nSPS) is 11.1. The Morgan fingerprint density at radius 3 is 2.41 bits per heavy atom. The van der Waals surface area contributed by atoms with E-state index in [2.05, 4.69) is 14.5 Å². The van der Waals surface area contributed by atoms with Crippen LogP contribution < -0.4 is 10.2 Å². The third-order valence-corrected chi connectivity index (χ3v) is 1.79. The Labute approximate surface area is 93.2 Å². The summed E-state index contributed by atoms with van der Waals surface area (Å²) in [5.74, 6) is -1.76. The Morgan fingerprint density at radius 1 is 1.41 bits per heavy atom. The number of hydrogen-bond donors (Lipinski definition) is 1. The Bertz CT molecular complexity index is 492. The standard InChI is InChI=1S/C9H8F3NO4/c1-4-7(17-9(10,11)12)6(14)3-5(13-4)8(15)16-2/h3H,1-2H3,(H,13,14). The molecule has 1 heterocycles. The van der Waals surface area contributed by atoms with Gasteiger partial charge in [-0.25, -0.2) is 4.79 Å². The zero-order valence-electron chi connectivity index (χ0n) is 8.84. The van der Waals surface area contributed by atoms with Crippen molar-refractivity contribution in [2.75, 3.05) is 7.11 Å². The molecule has 0 radical (unpaired) electrons. The summed E-state index contributed by atoms with van der Waals surface area (Å²) < 4.78 is 43.7. The molecule has 1 N–H and O–H groups in total. The number of hydrogen-bond acceptors (Lipinski definition) is 4. The molecule has 0 atom stereocenters. The summed E-state index contributed by atoms with van der Waals surface area (Å²) in [6.45, 7) is 1.18. The van der Waals surface area contributed by atoms with Crippen LogP contribution in [0.3, 0.4) is 0 Å². The minimum absolute atomic E-state index is 0.213. The molecule has 0 fully saturated rings. The van der Waals surface area contributed by atoms with E-state index in [1.807, 2.05) is 0 Å². The number of methoxy groups -OCH3 is 1. The second-order valence-corrected chi connectivity index (χ2v) is 3.04. The summed E-state index contributed by atoms with van der Waals surface area (Å²) >= 11 is 0. The second-order valence-electron chi connectivity index (χ2n) is 3.04. The van der Waals surface area contributed by atoms with Crippen molar-refractivity contribution in [2.45, 2.75) is 13.3 Å². The molecule has 0 aliphatic heterocycles. The first kappa shape index (κ1) is 13.1. The van der Waals surface area contributed by atoms with Crippen LogP contribution in [0.15, 0.2) is 10.9 Å². The molecule has 0 aromatic carbocycles. The molecule has 0 unspecified atom stereocenters. The van der Waals surface area contributed by atoms with Crippen molar-refractivity contribution in [2.24, 2.45) is 0 Å². The van der Waals surface area contributed by atoms with Gasteiger partial charge in [-0.3, -0.25) is 4.79 Å². The van der Waals surface area contributed by atoms with Gasteiger partial charge in [-0.1, -0.05) is 0 Å². The quantitative estimate of drug-likeness (QED) is 0.806. The van der Waals surface area contributed by atoms with Crippen LogP contribution in [0.5, 0.6) is 5.75 Å². The molecule has 0 bridgehead atoms. The Balaban J connectivity index is 3.20. The number of halogens is 3. The van der Waals surface area contributed by atoms with Crippen molar-refractivity contribution >= 4 is 5.97 Å². The first-order valence-corrected chi connectivity index (χ1v) is 4.32. The van der Waals surface area contributed by atoms with Gasteiger partial charge in [0.05, 0.1) is 12.8 Å². The van der Waals surface area contributed by atoms with Crippen LogP contribution in [0.1, 0.15) is 16.2 Å². The number of carbonyl (C=O) groups is 1. The molecular weight excluding hydrogens is 243 g/mol. The molecule has 0 saturated carbocycles. The van der Waals surface area contributed by atoms with Crippen LogP contribution in [0.4, 0.5) is 13.2 Å². The largest absolute Gasteiger partial charge is 0.573 e. The monoisotopic (exact) mass is 251 g/mol. The van der Waals surface area contributed by atoms with Gasteiger partial charge in [0, 0.05) is 6.07 Å². The molecule has 17 heavy (non-hydrogen) atoms. The second kappa shape index (κ2) is 4.48. The fourth-order valence-electron chi connectivity index (χ4n) is 1.14. The van der Waals surface area contributed by atoms with E-state index in [1.54, 1.807) is 0 Å². The Kier molecular flexibility index (Phi) is 3.45. The van der Waals surface area contributed by atoms with Gasteiger partial charge in [-0.05, 0) is 6.92 Å². The number of carbonyl (C=O) groups excluding carboxylic acids is 1. The molecule has 1 rings (SSSR count). The topological polar surface area (TPSA) is 68.4 Å². The number of pyridine rings is 1. The summed E-state index contributed by atoms with van der Waals surface area (Å²) in [7, 11) is 1.08. The van der Waals surface area contributed by atoms with Crippen molar-refractivity contribution in [1.82, 2.24) is 4.98 Å². The molecule has 0 aliphatic rings. The van der Waals surface area contributed by atoms with Crippen molar-refractivity contribution in [3.8, 4) is 5.75 Å². The number of alkyl halides is 3. The molecule has 5 nitrogen and oxygen atoms in total. The molecule has 0 aliphatic carbocycles. The van der Waals surface area contributed by atoms with E-state index in [-0.39, 0.29) is 11.4 Å². The van der Waals surface area contributed by atoms with Gasteiger partial charge in [0.15, 0.2) is 5.75 Å². The fraction of sp³-hybridized carbons (Fsp3) is 0.333. The van der Waals surface area contributed by atoms with Crippen LogP contribution >= 0.6 is 0 Å². The van der Waals surface area contributed by atoms with Crippen LogP contribution in [-0.2, 0) is 4.74 Å². The highest BCUT2D eigenvalue weighted by molar-refractivity contribution is 5.87. The maximum Gasteiger partial charge on any atom is 0.573 e. The number of esters is 1. The summed E-state index contributed by atoms with van der Waals surface area (Å²) in [5.41, 5.74) is -1.52. The Morgan fingerprint density at radius 2 is 2.00 bits per heavy atom. The lowest BCUT2D eigenvalue weighted by Gasteiger charge is -2.11. The molecule has 1 aromatic rings. The van der Waals surface area contributed by atoms with Crippen molar-refractivity contribution in [1.29, 1.82) is 0 Å². The smallest absolute Gasteiger partial charge is 0.464 e. The molecule has 0 amide bonds. The first-order chi connectivity index (χ1) is 7.74. The van der Waals surface area contributed by atoms with Gasteiger partial charge in [-0.15, -0.1) is 13.2 Å². The number of aromatic nitrogens is 1. The van der Waals surface area contributed by atoms with E-state index in [4.69, 9.17) is 0 Å². The molecular formula is C9H8F3NO4. The highest BCUT2D eigenvalue weighted by Crippen LogP contribution is 2.21. The average molecular weight is 251 g/mol. The number of aromatic amines is 1. The van der Waals surface area contributed by atoms with E-state index < -0.39 is 23.5 Å². The zero-order chi connectivity index (χ0) is 13.2. The molecule has 8 heteroatoms. The summed E-state index contributed by atoms with van der Waals surface area (Å²) in [6.07, 6.45) is -4.97. The molecule has 0 spiro atoms. The Hall–Kier alpha value is -1.99. The summed E-state index contributed by atoms with van der Waals surface area (Å²) in [5, 5.41) is 0. The molecule has 0 saturated heterocycles. The predicted molar refractivity (Wildman–Crippen MR) is 49.8 cm³/mol. The minimum Gasteiger partial charge on any atom is -0.464 e. The van der Waals surface area contributed by atoms with Crippen molar-refractivity contribution in [3.05, 3.63) is 27.7 Å². The number of nitrogens with one attached hydrogen (secondary N) is 1. The van der Waals surface area contributed by atoms with E-state index >= 15 is 0 Å². The average Bonchev–Trinajstić information content (AvgIpc) is 2.20. The summed E-state index contributed by atoms with van der Waals surface area (Å²) in [6, 6.07) is 0.680. The summed E-state index contributed by atoms with van der Waals surface area (Å²) in [4.78, 5) is 24.7. The number of ether oxygens (including phenoxy) is 2. The highest BCUT2D eigenvalue weighted by atomic mass is 19.4. The van der Waals surface area contributed by atoms with Crippen LogP contribution in [0.2, 0.25) is 0 Å². The van der Waals surface area contributed by atoms with Gasteiger partial charge in [-0.2, -0.15) is 0 Å². The van der Waals surface area contributed by atoms with Crippen molar-refractivity contribution in [3.63, 3.8) is 0 Å². The van der Waals surface area contributed by atoms with E-state index in [0.29, 0.717) is 6.07 Å². The number of aryl methyl sites for hydroxylation is 1. The van der Waals surface area contributed by atoms with Gasteiger partial charge < -0.3 is 14.5 Å². The van der Waals surface area contributed by atoms with E-state index in [1.165, 1.54) is 6.92 Å². The maximum atomic E-state index is 12.0. The van der Waals surface area contributed by atoms with Gasteiger partial charge >= 0.3 is 12.3 Å². The van der Waals surface area contributed by atoms with Crippen molar-refractivity contribution < 1.29 is 27.4 Å². The van der Waals surface area contributed by atoms with Crippen LogP contribution in [-0.4, -0.2) is 24.4 Å². The van der Waals surface area contributed by atoms with Crippen LogP contribution in [0, 0.1) is 6.92 Å². The van der Waals surface area contributed by atoms with Crippen LogP contribution in [0.25, 0.3) is 0 Å². The van der Waals surface area contributed by atoms with Gasteiger partial charge in [0.2, 0.25) is 5.43 Å². The molecule has 94 valence electrons. The highest BCUT2D eigenvalue weighted by Gasteiger charge is 2.33. The third kappa shape index (κ3) is 3.23. The van der Waals surface area contributed by atoms with Gasteiger partial charge in [0.25, 0.3) is 0 Å². The van der Waals surface area contributed by atoms with E-state index in [0.717, 1.165) is 7.11 Å².